The second kappa shape index (κ2) is 6.88. The average molecular weight is 292 g/mol. The summed E-state index contributed by atoms with van der Waals surface area (Å²) in [6.07, 6.45) is 3.27. The number of hydrogen-bond acceptors (Lipinski definition) is 5. The zero-order valence-corrected chi connectivity index (χ0v) is 13.6. The Labute approximate surface area is 125 Å². The van der Waals surface area contributed by atoms with Crippen LogP contribution < -0.4 is 10.6 Å². The molecule has 0 atom stereocenters. The van der Waals surface area contributed by atoms with E-state index in [0.29, 0.717) is 6.04 Å². The third-order valence-corrected chi connectivity index (χ3v) is 4.32. The Hall–Kier alpha value is -1.36. The summed E-state index contributed by atoms with van der Waals surface area (Å²) in [6, 6.07) is 2.64. The summed E-state index contributed by atoms with van der Waals surface area (Å²) in [6.45, 7) is 9.57. The summed E-state index contributed by atoms with van der Waals surface area (Å²) in [4.78, 5) is 11.6. The van der Waals surface area contributed by atoms with E-state index in [1.807, 2.05) is 0 Å². The van der Waals surface area contributed by atoms with Crippen molar-refractivity contribution in [1.29, 1.82) is 0 Å². The van der Waals surface area contributed by atoms with Crippen LogP contribution in [0.3, 0.4) is 0 Å². The van der Waals surface area contributed by atoms with Gasteiger partial charge in [-0.15, -0.1) is 11.3 Å². The van der Waals surface area contributed by atoms with Crippen molar-refractivity contribution < 1.29 is 0 Å². The lowest BCUT2D eigenvalue weighted by molar-refractivity contribution is 0.669. The fourth-order valence-electron chi connectivity index (χ4n) is 2.15. The summed E-state index contributed by atoms with van der Waals surface area (Å²) in [5.41, 5.74) is 0. The Bertz CT molecular complexity index is 560. The first kappa shape index (κ1) is 15.0. The molecule has 0 radical (unpaired) electrons. The highest BCUT2D eigenvalue weighted by molar-refractivity contribution is 7.18. The molecule has 2 aromatic heterocycles. The van der Waals surface area contributed by atoms with Gasteiger partial charge in [-0.25, -0.2) is 4.98 Å². The minimum Gasteiger partial charge on any atom is -0.367 e. The van der Waals surface area contributed by atoms with Gasteiger partial charge in [-0.3, -0.25) is 0 Å². The van der Waals surface area contributed by atoms with E-state index in [4.69, 9.17) is 0 Å². The van der Waals surface area contributed by atoms with Crippen molar-refractivity contribution in [3.05, 3.63) is 10.9 Å². The number of fused-ring (bicyclic) bond motifs is 1. The second-order valence-corrected chi connectivity index (χ2v) is 6.29. The molecule has 4 nitrogen and oxygen atoms in total. The molecule has 0 saturated heterocycles. The SMILES string of the molecule is CCCNc1nc(NC(CC)CC)c2cc(C)sc2n1. The maximum absolute atomic E-state index is 4.66. The predicted molar refractivity (Wildman–Crippen MR) is 88.9 cm³/mol. The van der Waals surface area contributed by atoms with Gasteiger partial charge in [0.15, 0.2) is 0 Å². The van der Waals surface area contributed by atoms with Crippen LogP contribution in [-0.2, 0) is 0 Å². The van der Waals surface area contributed by atoms with Gasteiger partial charge in [-0.1, -0.05) is 20.8 Å². The lowest BCUT2D eigenvalue weighted by Gasteiger charge is -2.16. The highest BCUT2D eigenvalue weighted by Gasteiger charge is 2.13. The van der Waals surface area contributed by atoms with E-state index in [0.717, 1.165) is 47.8 Å². The molecular formula is C15H24N4S. The van der Waals surface area contributed by atoms with Crippen LogP contribution in [0.4, 0.5) is 11.8 Å². The Morgan fingerprint density at radius 3 is 2.60 bits per heavy atom. The molecular weight excluding hydrogens is 268 g/mol. The second-order valence-electron chi connectivity index (χ2n) is 5.06. The van der Waals surface area contributed by atoms with E-state index in [1.165, 1.54) is 4.88 Å². The van der Waals surface area contributed by atoms with Crippen LogP contribution in [-0.4, -0.2) is 22.6 Å². The molecule has 2 aromatic rings. The van der Waals surface area contributed by atoms with E-state index < -0.39 is 0 Å². The molecule has 0 aliphatic carbocycles. The third-order valence-electron chi connectivity index (χ3n) is 3.38. The van der Waals surface area contributed by atoms with Crippen molar-refractivity contribution in [2.45, 2.75) is 53.0 Å². The van der Waals surface area contributed by atoms with Gasteiger partial charge in [0, 0.05) is 17.5 Å². The highest BCUT2D eigenvalue weighted by atomic mass is 32.1. The molecule has 110 valence electrons. The van der Waals surface area contributed by atoms with Crippen molar-refractivity contribution in [1.82, 2.24) is 9.97 Å². The Kier molecular flexibility index (Phi) is 5.17. The van der Waals surface area contributed by atoms with E-state index in [1.54, 1.807) is 11.3 Å². The molecule has 0 spiro atoms. The lowest BCUT2D eigenvalue weighted by atomic mass is 10.1. The van der Waals surface area contributed by atoms with Crippen molar-refractivity contribution >= 4 is 33.3 Å². The molecule has 0 amide bonds. The monoisotopic (exact) mass is 292 g/mol. The highest BCUT2D eigenvalue weighted by Crippen LogP contribution is 2.30. The minimum atomic E-state index is 0.465. The fraction of sp³-hybridized carbons (Fsp3) is 0.600. The zero-order chi connectivity index (χ0) is 14.5. The van der Waals surface area contributed by atoms with Crippen LogP contribution in [0.25, 0.3) is 10.2 Å². The number of anilines is 2. The molecule has 2 N–H and O–H groups in total. The first-order valence-corrected chi connectivity index (χ1v) is 8.28. The van der Waals surface area contributed by atoms with Gasteiger partial charge in [-0.05, 0) is 32.3 Å². The molecule has 0 aliphatic rings. The number of aryl methyl sites for hydroxylation is 1. The van der Waals surface area contributed by atoms with Crippen LogP contribution in [0.2, 0.25) is 0 Å². The van der Waals surface area contributed by atoms with Gasteiger partial charge in [-0.2, -0.15) is 4.98 Å². The fourth-order valence-corrected chi connectivity index (χ4v) is 3.03. The predicted octanol–water partition coefficient (Wildman–Crippen LogP) is 4.42. The number of aromatic nitrogens is 2. The molecule has 2 rings (SSSR count). The molecule has 20 heavy (non-hydrogen) atoms. The van der Waals surface area contributed by atoms with Crippen LogP contribution in [0.5, 0.6) is 0 Å². The van der Waals surface area contributed by atoms with Crippen molar-refractivity contribution in [3.63, 3.8) is 0 Å². The zero-order valence-electron chi connectivity index (χ0n) is 12.8. The summed E-state index contributed by atoms with van der Waals surface area (Å²) in [5, 5.41) is 8.00. The third kappa shape index (κ3) is 3.39. The summed E-state index contributed by atoms with van der Waals surface area (Å²) in [7, 11) is 0. The minimum absolute atomic E-state index is 0.465. The van der Waals surface area contributed by atoms with E-state index in [9.17, 15) is 0 Å². The van der Waals surface area contributed by atoms with Gasteiger partial charge in [0.1, 0.15) is 10.6 Å². The summed E-state index contributed by atoms with van der Waals surface area (Å²) < 4.78 is 0. The van der Waals surface area contributed by atoms with E-state index in [-0.39, 0.29) is 0 Å². The van der Waals surface area contributed by atoms with Crippen LogP contribution in [0, 0.1) is 6.92 Å². The first-order chi connectivity index (χ1) is 9.67. The molecule has 0 bridgehead atoms. The Morgan fingerprint density at radius 2 is 1.95 bits per heavy atom. The number of nitrogens with one attached hydrogen (secondary N) is 2. The van der Waals surface area contributed by atoms with Crippen molar-refractivity contribution in [2.75, 3.05) is 17.2 Å². The Morgan fingerprint density at radius 1 is 1.20 bits per heavy atom. The van der Waals surface area contributed by atoms with Crippen molar-refractivity contribution in [2.24, 2.45) is 0 Å². The quantitative estimate of drug-likeness (QED) is 0.793. The van der Waals surface area contributed by atoms with Gasteiger partial charge in [0.25, 0.3) is 0 Å². The van der Waals surface area contributed by atoms with Crippen LogP contribution in [0.1, 0.15) is 44.9 Å². The first-order valence-electron chi connectivity index (χ1n) is 7.46. The summed E-state index contributed by atoms with van der Waals surface area (Å²) >= 11 is 1.73. The maximum atomic E-state index is 4.66. The molecule has 0 fully saturated rings. The largest absolute Gasteiger partial charge is 0.367 e. The molecule has 2 heterocycles. The van der Waals surface area contributed by atoms with Crippen LogP contribution >= 0.6 is 11.3 Å². The number of rotatable bonds is 7. The molecule has 5 heteroatoms. The lowest BCUT2D eigenvalue weighted by Crippen LogP contribution is -2.18. The molecule has 0 aromatic carbocycles. The van der Waals surface area contributed by atoms with Gasteiger partial charge in [0.2, 0.25) is 5.95 Å². The van der Waals surface area contributed by atoms with Gasteiger partial charge >= 0.3 is 0 Å². The normalized spacial score (nSPS) is 11.2. The van der Waals surface area contributed by atoms with Gasteiger partial charge in [0.05, 0.1) is 5.39 Å². The summed E-state index contributed by atoms with van der Waals surface area (Å²) in [5.74, 6) is 1.70. The maximum Gasteiger partial charge on any atom is 0.226 e. The molecule has 0 aliphatic heterocycles. The number of thiophene rings is 1. The molecule has 0 unspecified atom stereocenters. The van der Waals surface area contributed by atoms with Gasteiger partial charge < -0.3 is 10.6 Å². The van der Waals surface area contributed by atoms with E-state index >= 15 is 0 Å². The van der Waals surface area contributed by atoms with E-state index in [2.05, 4.69) is 54.4 Å². The smallest absolute Gasteiger partial charge is 0.226 e. The Balaban J connectivity index is 2.37. The average Bonchev–Trinajstić information content (AvgIpc) is 2.82. The number of hydrogen-bond donors (Lipinski definition) is 2. The molecule has 0 saturated carbocycles. The van der Waals surface area contributed by atoms with Crippen LogP contribution in [0.15, 0.2) is 6.07 Å². The van der Waals surface area contributed by atoms with Crippen molar-refractivity contribution in [3.8, 4) is 0 Å². The standard InChI is InChI=1S/C15H24N4S/c1-5-8-16-15-18-13(17-11(6-2)7-3)12-9-10(4)20-14(12)19-15/h9,11H,5-8H2,1-4H3,(H2,16,17,18,19). The topological polar surface area (TPSA) is 49.8 Å². The number of nitrogens with zero attached hydrogens (tertiary/aromatic N) is 2.